The molecule has 2 N–H and O–H groups in total. The lowest BCUT2D eigenvalue weighted by Gasteiger charge is -2.24. The molecule has 0 saturated carbocycles. The molecule has 1 atom stereocenters. The Balaban J connectivity index is 2.01. The largest absolute Gasteiger partial charge is 0.330 e. The summed E-state index contributed by atoms with van der Waals surface area (Å²) in [5.74, 6) is 1.49. The van der Waals surface area contributed by atoms with Crippen molar-refractivity contribution in [3.63, 3.8) is 0 Å². The Kier molecular flexibility index (Phi) is 3.14. The molecule has 0 radical (unpaired) electrons. The lowest BCUT2D eigenvalue weighted by atomic mass is 9.86. The van der Waals surface area contributed by atoms with Gasteiger partial charge in [0.1, 0.15) is 0 Å². The van der Waals surface area contributed by atoms with Crippen LogP contribution < -0.4 is 5.73 Å². The topological polar surface area (TPSA) is 51.8 Å². The van der Waals surface area contributed by atoms with Crippen LogP contribution in [0.3, 0.4) is 0 Å². The zero-order chi connectivity index (χ0) is 12.5. The van der Waals surface area contributed by atoms with Gasteiger partial charge in [-0.15, -0.1) is 11.3 Å². The maximum atomic E-state index is 5.78. The molecular weight excluding hydrogens is 242 g/mol. The summed E-state index contributed by atoms with van der Waals surface area (Å²) in [6, 6.07) is 4.12. The second kappa shape index (κ2) is 4.78. The molecule has 0 aromatic carbocycles. The van der Waals surface area contributed by atoms with Gasteiger partial charge >= 0.3 is 0 Å². The lowest BCUT2D eigenvalue weighted by Crippen LogP contribution is -2.24. The van der Waals surface area contributed by atoms with Crippen molar-refractivity contribution in [2.24, 2.45) is 11.7 Å². The van der Waals surface area contributed by atoms with Gasteiger partial charge in [-0.25, -0.2) is 9.97 Å². The second-order valence-electron chi connectivity index (χ2n) is 4.88. The number of aromatic nitrogens is 2. The highest BCUT2D eigenvalue weighted by Crippen LogP contribution is 2.29. The van der Waals surface area contributed by atoms with E-state index in [2.05, 4.69) is 23.4 Å². The number of nitrogens with zero attached hydrogens (tertiary/aromatic N) is 2. The number of thiophene rings is 1. The Morgan fingerprint density at radius 2 is 2.33 bits per heavy atom. The van der Waals surface area contributed by atoms with E-state index < -0.39 is 0 Å². The molecule has 0 spiro atoms. The van der Waals surface area contributed by atoms with Crippen LogP contribution in [-0.4, -0.2) is 16.5 Å². The van der Waals surface area contributed by atoms with Crippen molar-refractivity contribution < 1.29 is 0 Å². The van der Waals surface area contributed by atoms with Crippen molar-refractivity contribution in [3.05, 3.63) is 34.5 Å². The van der Waals surface area contributed by atoms with E-state index in [0.29, 0.717) is 5.92 Å². The van der Waals surface area contributed by atoms with E-state index in [-0.39, 0.29) is 0 Å². The average molecular weight is 259 g/mol. The smallest absolute Gasteiger partial charge is 0.169 e. The molecule has 1 aliphatic rings. The summed E-state index contributed by atoms with van der Waals surface area (Å²) in [5.41, 5.74) is 9.47. The van der Waals surface area contributed by atoms with Gasteiger partial charge in [-0.2, -0.15) is 0 Å². The summed E-state index contributed by atoms with van der Waals surface area (Å²) < 4.78 is 0. The molecule has 2 aromatic rings. The third-order valence-electron chi connectivity index (χ3n) is 3.66. The van der Waals surface area contributed by atoms with Gasteiger partial charge in [0.05, 0.1) is 4.88 Å². The summed E-state index contributed by atoms with van der Waals surface area (Å²) in [6.45, 7) is 2.86. The molecule has 0 fully saturated rings. The first kappa shape index (κ1) is 11.8. The van der Waals surface area contributed by atoms with Gasteiger partial charge in [-0.1, -0.05) is 6.07 Å². The van der Waals surface area contributed by atoms with E-state index in [1.807, 2.05) is 6.07 Å². The van der Waals surface area contributed by atoms with Crippen LogP contribution in [0.25, 0.3) is 10.7 Å². The minimum Gasteiger partial charge on any atom is -0.330 e. The molecule has 94 valence electrons. The van der Waals surface area contributed by atoms with Gasteiger partial charge in [0.15, 0.2) is 5.82 Å². The predicted molar refractivity (Wildman–Crippen MR) is 74.7 cm³/mol. The van der Waals surface area contributed by atoms with Crippen LogP contribution in [-0.2, 0) is 12.8 Å². The second-order valence-corrected chi connectivity index (χ2v) is 5.83. The minimum atomic E-state index is 0.604. The molecule has 4 heteroatoms. The van der Waals surface area contributed by atoms with Crippen molar-refractivity contribution in [2.45, 2.75) is 26.2 Å². The van der Waals surface area contributed by atoms with Gasteiger partial charge in [0, 0.05) is 11.4 Å². The summed E-state index contributed by atoms with van der Waals surface area (Å²) in [7, 11) is 0. The Hall–Kier alpha value is -1.26. The van der Waals surface area contributed by atoms with Crippen molar-refractivity contribution in [1.29, 1.82) is 0 Å². The number of fused-ring (bicyclic) bond motifs is 1. The van der Waals surface area contributed by atoms with E-state index in [4.69, 9.17) is 10.7 Å². The van der Waals surface area contributed by atoms with E-state index in [1.54, 1.807) is 11.3 Å². The van der Waals surface area contributed by atoms with E-state index in [0.717, 1.165) is 42.2 Å². The number of nitrogens with two attached hydrogens (primary N) is 1. The molecule has 18 heavy (non-hydrogen) atoms. The van der Waals surface area contributed by atoms with Crippen LogP contribution in [0.2, 0.25) is 0 Å². The molecule has 0 bridgehead atoms. The number of rotatable bonds is 2. The van der Waals surface area contributed by atoms with Crippen molar-refractivity contribution >= 4 is 11.3 Å². The minimum absolute atomic E-state index is 0.604. The molecule has 0 aliphatic heterocycles. The Bertz CT molecular complexity index is 548. The summed E-state index contributed by atoms with van der Waals surface area (Å²) in [4.78, 5) is 10.6. The SMILES string of the molecule is Cc1nc(-c2cccs2)nc2c1CC(CN)CC2. The highest BCUT2D eigenvalue weighted by atomic mass is 32.1. The first-order valence-electron chi connectivity index (χ1n) is 6.38. The third-order valence-corrected chi connectivity index (χ3v) is 4.52. The van der Waals surface area contributed by atoms with Crippen molar-refractivity contribution in [1.82, 2.24) is 9.97 Å². The first-order valence-corrected chi connectivity index (χ1v) is 7.26. The maximum Gasteiger partial charge on any atom is 0.169 e. The fourth-order valence-corrected chi connectivity index (χ4v) is 3.23. The zero-order valence-electron chi connectivity index (χ0n) is 10.5. The fourth-order valence-electron chi connectivity index (χ4n) is 2.58. The molecule has 2 aromatic heterocycles. The van der Waals surface area contributed by atoms with E-state index >= 15 is 0 Å². The summed E-state index contributed by atoms with van der Waals surface area (Å²) >= 11 is 1.70. The van der Waals surface area contributed by atoms with E-state index in [9.17, 15) is 0 Å². The van der Waals surface area contributed by atoms with Gasteiger partial charge in [0.2, 0.25) is 0 Å². The molecule has 3 nitrogen and oxygen atoms in total. The highest BCUT2D eigenvalue weighted by Gasteiger charge is 2.22. The third kappa shape index (κ3) is 2.06. The van der Waals surface area contributed by atoms with E-state index in [1.165, 1.54) is 11.3 Å². The molecule has 0 amide bonds. The van der Waals surface area contributed by atoms with Crippen LogP contribution in [0.1, 0.15) is 23.4 Å². The molecule has 2 heterocycles. The van der Waals surface area contributed by atoms with Gasteiger partial charge < -0.3 is 5.73 Å². The zero-order valence-corrected chi connectivity index (χ0v) is 11.3. The van der Waals surface area contributed by atoms with Crippen LogP contribution in [0.5, 0.6) is 0 Å². The van der Waals surface area contributed by atoms with Crippen LogP contribution in [0.4, 0.5) is 0 Å². The van der Waals surface area contributed by atoms with Crippen LogP contribution in [0.15, 0.2) is 17.5 Å². The predicted octanol–water partition coefficient (Wildman–Crippen LogP) is 2.58. The average Bonchev–Trinajstić information content (AvgIpc) is 2.92. The Labute approximate surface area is 111 Å². The fraction of sp³-hybridized carbons (Fsp3) is 0.429. The van der Waals surface area contributed by atoms with Crippen molar-refractivity contribution in [2.75, 3.05) is 6.54 Å². The summed E-state index contributed by atoms with van der Waals surface area (Å²) in [5, 5.41) is 2.07. The molecule has 1 unspecified atom stereocenters. The maximum absolute atomic E-state index is 5.78. The quantitative estimate of drug-likeness (QED) is 0.902. The van der Waals surface area contributed by atoms with Crippen molar-refractivity contribution in [3.8, 4) is 10.7 Å². The highest BCUT2D eigenvalue weighted by molar-refractivity contribution is 7.13. The Morgan fingerprint density at radius 3 is 3.06 bits per heavy atom. The first-order chi connectivity index (χ1) is 8.78. The monoisotopic (exact) mass is 259 g/mol. The Morgan fingerprint density at radius 1 is 1.44 bits per heavy atom. The molecule has 0 saturated heterocycles. The number of hydrogen-bond donors (Lipinski definition) is 1. The lowest BCUT2D eigenvalue weighted by molar-refractivity contribution is 0.460. The summed E-state index contributed by atoms with van der Waals surface area (Å²) in [6.07, 6.45) is 3.24. The molecule has 3 rings (SSSR count). The number of hydrogen-bond acceptors (Lipinski definition) is 4. The van der Waals surface area contributed by atoms with Crippen LogP contribution >= 0.6 is 11.3 Å². The normalized spacial score (nSPS) is 18.7. The molecule has 1 aliphatic carbocycles. The number of aryl methyl sites for hydroxylation is 2. The molecular formula is C14H17N3S. The standard InChI is InChI=1S/C14H17N3S/c1-9-11-7-10(8-15)4-5-12(11)17-14(16-9)13-3-2-6-18-13/h2-3,6,10H,4-5,7-8,15H2,1H3. The van der Waals surface area contributed by atoms with Gasteiger partial charge in [-0.3, -0.25) is 0 Å². The van der Waals surface area contributed by atoms with Crippen LogP contribution in [0, 0.1) is 12.8 Å². The van der Waals surface area contributed by atoms with Gasteiger partial charge in [-0.05, 0) is 55.7 Å². The van der Waals surface area contributed by atoms with Gasteiger partial charge in [0.25, 0.3) is 0 Å².